The van der Waals surface area contributed by atoms with E-state index in [1.165, 1.54) is 5.15 Å². The summed E-state index contributed by atoms with van der Waals surface area (Å²) in [6.45, 7) is 0. The summed E-state index contributed by atoms with van der Waals surface area (Å²) in [5, 5.41) is 1.25. The van der Waals surface area contributed by atoms with Crippen molar-refractivity contribution in [3.8, 4) is 0 Å². The molecule has 0 aromatic rings. The predicted octanol–water partition coefficient (Wildman–Crippen LogP) is 0.770. The van der Waals surface area contributed by atoms with Gasteiger partial charge in [-0.25, -0.2) is 0 Å². The van der Waals surface area contributed by atoms with Crippen LogP contribution in [0.2, 0.25) is 0 Å². The van der Waals surface area contributed by atoms with E-state index in [1.54, 1.807) is 0 Å². The minimum atomic E-state index is 0. The molecule has 0 saturated carbocycles. The first-order valence-corrected chi connectivity index (χ1v) is 0.309. The standard InChI is InChI=1S/F2O.Fe/c1-3-2;. The monoisotopic (exact) mass is 110 g/mol. The zero-order chi connectivity index (χ0) is 2.71. The van der Waals surface area contributed by atoms with Gasteiger partial charge in [-0.3, -0.25) is 0 Å². The zero-order valence-corrected chi connectivity index (χ0v) is 2.62. The Morgan fingerprint density at radius 1 is 1.25 bits per heavy atom. The summed E-state index contributed by atoms with van der Waals surface area (Å²) in [6.07, 6.45) is 0. The van der Waals surface area contributed by atoms with E-state index in [-0.39, 0.29) is 17.1 Å². The van der Waals surface area contributed by atoms with Crippen LogP contribution in [0.1, 0.15) is 0 Å². The number of halogens is 2. The van der Waals surface area contributed by atoms with Gasteiger partial charge in [0.2, 0.25) is 0 Å². The fourth-order valence-corrected chi connectivity index (χ4v) is 0. The van der Waals surface area contributed by atoms with E-state index in [4.69, 9.17) is 9.05 Å². The molecule has 0 N–H and O–H groups in total. The van der Waals surface area contributed by atoms with Gasteiger partial charge in [0.05, 0.1) is 0 Å². The van der Waals surface area contributed by atoms with E-state index in [0.717, 1.165) is 0 Å². The molecule has 0 aromatic heterocycles. The van der Waals surface area contributed by atoms with Crippen molar-refractivity contribution >= 4 is 0 Å². The smallest absolute Gasteiger partial charge is 0.0104 e. The molecule has 0 fully saturated rings. The molecular formula is F2FeO. The van der Waals surface area contributed by atoms with Crippen molar-refractivity contribution in [2.24, 2.45) is 0 Å². The van der Waals surface area contributed by atoms with Crippen molar-refractivity contribution in [3.63, 3.8) is 0 Å². The SMILES string of the molecule is FOF.[Fe]. The van der Waals surface area contributed by atoms with Crippen LogP contribution in [0, 0.1) is 0 Å². The van der Waals surface area contributed by atoms with Crippen LogP contribution in [0.4, 0.5) is 9.05 Å². The fraction of sp³-hybridized carbons (Fsp3) is 0. The quantitative estimate of drug-likeness (QED) is 0.418. The van der Waals surface area contributed by atoms with E-state index in [1.807, 2.05) is 0 Å². The van der Waals surface area contributed by atoms with Crippen molar-refractivity contribution < 1.29 is 31.3 Å². The summed E-state index contributed by atoms with van der Waals surface area (Å²) in [5.74, 6) is 0. The van der Waals surface area contributed by atoms with E-state index < -0.39 is 0 Å². The van der Waals surface area contributed by atoms with Gasteiger partial charge in [-0.15, -0.1) is 0 Å². The van der Waals surface area contributed by atoms with Crippen LogP contribution >= 0.6 is 0 Å². The fourth-order valence-electron chi connectivity index (χ4n) is 0. The minimum absolute atomic E-state index is 0. The Morgan fingerprint density at radius 2 is 1.25 bits per heavy atom. The van der Waals surface area contributed by atoms with E-state index >= 15 is 0 Å². The Hall–Kier alpha value is 0.339. The average Bonchev–Trinajstić information content (AvgIpc) is 0.918. The largest absolute Gasteiger partial charge is 0.0209 e. The van der Waals surface area contributed by atoms with Crippen molar-refractivity contribution in [2.75, 3.05) is 0 Å². The molecule has 0 radical (unpaired) electrons. The second-order valence-electron chi connectivity index (χ2n) is 0.0583. The summed E-state index contributed by atoms with van der Waals surface area (Å²) in [6, 6.07) is 0. The zero-order valence-electron chi connectivity index (χ0n) is 1.52. The summed E-state index contributed by atoms with van der Waals surface area (Å²) in [5.41, 5.74) is 0. The van der Waals surface area contributed by atoms with Crippen LogP contribution < -0.4 is 0 Å². The van der Waals surface area contributed by atoms with Crippen LogP contribution in [0.3, 0.4) is 0 Å². The molecule has 0 aliphatic heterocycles. The Morgan fingerprint density at radius 3 is 1.25 bits per heavy atom. The molecule has 0 spiro atoms. The average molecular weight is 110 g/mol. The summed E-state index contributed by atoms with van der Waals surface area (Å²) >= 11 is 0. The third-order valence-corrected chi connectivity index (χ3v) is 0. The van der Waals surface area contributed by atoms with Crippen LogP contribution in [-0.4, -0.2) is 0 Å². The summed E-state index contributed by atoms with van der Waals surface area (Å²) in [7, 11) is 0. The first-order valence-electron chi connectivity index (χ1n) is 0.309. The summed E-state index contributed by atoms with van der Waals surface area (Å²) in [4.78, 5) is 0. The molecular weight excluding hydrogens is 110 g/mol. The second kappa shape index (κ2) is 10.2. The Balaban J connectivity index is 0. The maximum absolute atomic E-state index is 9.12. The van der Waals surface area contributed by atoms with Gasteiger partial charge in [0, 0.05) is 22.2 Å². The Bertz CT molecular complexity index is 6.00. The van der Waals surface area contributed by atoms with Gasteiger partial charge in [-0.2, -0.15) is 0 Å². The third-order valence-electron chi connectivity index (χ3n) is 0. The summed E-state index contributed by atoms with van der Waals surface area (Å²) < 4.78 is 18.2. The molecule has 0 atom stereocenters. The van der Waals surface area contributed by atoms with Crippen LogP contribution in [-0.2, 0) is 22.2 Å². The van der Waals surface area contributed by atoms with E-state index in [0.29, 0.717) is 0 Å². The molecule has 0 aliphatic carbocycles. The third kappa shape index (κ3) is 36.4. The molecule has 4 heavy (non-hydrogen) atoms. The van der Waals surface area contributed by atoms with Crippen molar-refractivity contribution in [1.29, 1.82) is 0 Å². The number of rotatable bonds is 0. The molecule has 0 rings (SSSR count). The predicted molar refractivity (Wildman–Crippen MR) is 3.30 cm³/mol. The molecule has 0 aliphatic rings. The molecule has 0 saturated heterocycles. The normalized spacial score (nSPS) is 4.50. The van der Waals surface area contributed by atoms with Gasteiger partial charge in [-0.05, 0) is 9.05 Å². The van der Waals surface area contributed by atoms with E-state index in [2.05, 4.69) is 0 Å². The van der Waals surface area contributed by atoms with Gasteiger partial charge >= 0.3 is 0 Å². The maximum Gasteiger partial charge on any atom is 0.0209 e. The van der Waals surface area contributed by atoms with Gasteiger partial charge < -0.3 is 0 Å². The Kier molecular flexibility index (Phi) is 22.5. The van der Waals surface area contributed by atoms with E-state index in [9.17, 15) is 0 Å². The van der Waals surface area contributed by atoms with Gasteiger partial charge in [0.25, 0.3) is 0 Å². The van der Waals surface area contributed by atoms with Crippen LogP contribution in [0.15, 0.2) is 0 Å². The van der Waals surface area contributed by atoms with Gasteiger partial charge in [0.15, 0.2) is 0 Å². The second-order valence-corrected chi connectivity index (χ2v) is 0.0583. The van der Waals surface area contributed by atoms with Crippen LogP contribution in [0.5, 0.6) is 0 Å². The number of hydrogen-bond donors (Lipinski definition) is 0. The van der Waals surface area contributed by atoms with Crippen LogP contribution in [0.25, 0.3) is 0 Å². The van der Waals surface area contributed by atoms with Crippen molar-refractivity contribution in [3.05, 3.63) is 0 Å². The first kappa shape index (κ1) is 8.84. The maximum atomic E-state index is 9.12. The molecule has 1 nitrogen and oxygen atoms in total. The number of hydrogen-bond acceptors (Lipinski definition) is 1. The molecule has 0 bridgehead atoms. The molecule has 0 amide bonds. The van der Waals surface area contributed by atoms with Crippen molar-refractivity contribution in [1.82, 2.24) is 0 Å². The molecule has 0 heterocycles. The molecule has 0 aromatic carbocycles. The first-order chi connectivity index (χ1) is 1.41. The van der Waals surface area contributed by atoms with Crippen molar-refractivity contribution in [2.45, 2.75) is 0 Å². The molecule has 28 valence electrons. The topological polar surface area (TPSA) is 9.23 Å². The van der Waals surface area contributed by atoms with Gasteiger partial charge in [0.1, 0.15) is 0 Å². The molecule has 0 unspecified atom stereocenters. The molecule has 4 heteroatoms. The minimum Gasteiger partial charge on any atom is -0.0104 e. The van der Waals surface area contributed by atoms with Gasteiger partial charge in [-0.1, -0.05) is 0 Å². The Labute approximate surface area is 32.2 Å².